The summed E-state index contributed by atoms with van der Waals surface area (Å²) in [7, 11) is 0. The Morgan fingerprint density at radius 1 is 1.07 bits per heavy atom. The summed E-state index contributed by atoms with van der Waals surface area (Å²) >= 11 is 5.91. The largest absolute Gasteiger partial charge is 0.366 e. The van der Waals surface area contributed by atoms with E-state index in [1.165, 1.54) is 11.1 Å². The van der Waals surface area contributed by atoms with Gasteiger partial charge >= 0.3 is 0 Å². The predicted molar refractivity (Wildman–Crippen MR) is 108 cm³/mol. The molecule has 0 unspecified atom stereocenters. The fourth-order valence-corrected chi connectivity index (χ4v) is 3.43. The van der Waals surface area contributed by atoms with Crippen LogP contribution < -0.4 is 5.32 Å². The van der Waals surface area contributed by atoms with Crippen LogP contribution in [-0.4, -0.2) is 22.3 Å². The standard InChI is InChI=1S/C22H20ClN3O/c23-20-7-5-16(6-8-20)14-25-21-13-18(9-11-24-21)22(27)26-12-10-17-3-1-2-4-19(17)15-26/h1-9,11,13H,10,12,14-15H2,(H,24,25). The Morgan fingerprint density at radius 3 is 2.67 bits per heavy atom. The maximum Gasteiger partial charge on any atom is 0.254 e. The Hall–Kier alpha value is -2.85. The maximum atomic E-state index is 12.9. The van der Waals surface area contributed by atoms with E-state index in [1.807, 2.05) is 41.3 Å². The second kappa shape index (κ2) is 7.80. The summed E-state index contributed by atoms with van der Waals surface area (Å²) in [5.41, 5.74) is 4.32. The first-order valence-electron chi connectivity index (χ1n) is 8.99. The third kappa shape index (κ3) is 4.12. The smallest absolute Gasteiger partial charge is 0.254 e. The van der Waals surface area contributed by atoms with Gasteiger partial charge in [-0.25, -0.2) is 4.98 Å². The summed E-state index contributed by atoms with van der Waals surface area (Å²) in [4.78, 5) is 19.2. The minimum Gasteiger partial charge on any atom is -0.366 e. The fourth-order valence-electron chi connectivity index (χ4n) is 3.31. The molecule has 27 heavy (non-hydrogen) atoms. The summed E-state index contributed by atoms with van der Waals surface area (Å²) in [6, 6.07) is 19.6. The second-order valence-electron chi connectivity index (χ2n) is 6.66. The van der Waals surface area contributed by atoms with Gasteiger partial charge < -0.3 is 10.2 Å². The Balaban J connectivity index is 1.44. The number of hydrogen-bond donors (Lipinski definition) is 1. The van der Waals surface area contributed by atoms with Gasteiger partial charge in [-0.15, -0.1) is 0 Å². The van der Waals surface area contributed by atoms with Crippen LogP contribution in [0.4, 0.5) is 5.82 Å². The first-order chi connectivity index (χ1) is 13.2. The van der Waals surface area contributed by atoms with E-state index in [1.54, 1.807) is 12.3 Å². The van der Waals surface area contributed by atoms with Crippen molar-refractivity contribution in [3.05, 3.63) is 94.1 Å². The van der Waals surface area contributed by atoms with E-state index in [0.29, 0.717) is 29.5 Å². The summed E-state index contributed by atoms with van der Waals surface area (Å²) in [6.07, 6.45) is 2.57. The lowest BCUT2D eigenvalue weighted by molar-refractivity contribution is 0.0734. The quantitative estimate of drug-likeness (QED) is 0.725. The summed E-state index contributed by atoms with van der Waals surface area (Å²) in [6.45, 7) is 2.02. The van der Waals surface area contributed by atoms with Crippen molar-refractivity contribution in [2.45, 2.75) is 19.5 Å². The molecule has 136 valence electrons. The normalized spacial score (nSPS) is 13.1. The molecule has 2 aromatic carbocycles. The molecule has 0 saturated heterocycles. The van der Waals surface area contributed by atoms with Gasteiger partial charge in [-0.3, -0.25) is 4.79 Å². The van der Waals surface area contributed by atoms with E-state index in [9.17, 15) is 4.79 Å². The van der Waals surface area contributed by atoms with Gasteiger partial charge in [0.05, 0.1) is 0 Å². The SMILES string of the molecule is O=C(c1ccnc(NCc2ccc(Cl)cc2)c1)N1CCc2ccccc2C1. The first-order valence-corrected chi connectivity index (χ1v) is 9.37. The molecule has 3 aromatic rings. The average Bonchev–Trinajstić information content (AvgIpc) is 2.72. The minimum atomic E-state index is 0.0430. The van der Waals surface area contributed by atoms with Crippen LogP contribution in [0.1, 0.15) is 27.0 Å². The molecule has 0 spiro atoms. The third-order valence-corrected chi connectivity index (χ3v) is 5.06. The molecule has 0 fully saturated rings. The lowest BCUT2D eigenvalue weighted by atomic mass is 9.99. The molecule has 0 bridgehead atoms. The average molecular weight is 378 g/mol. The van der Waals surface area contributed by atoms with E-state index in [2.05, 4.69) is 28.5 Å². The highest BCUT2D eigenvalue weighted by atomic mass is 35.5. The molecule has 0 aliphatic carbocycles. The van der Waals surface area contributed by atoms with E-state index in [-0.39, 0.29) is 5.91 Å². The van der Waals surface area contributed by atoms with E-state index < -0.39 is 0 Å². The van der Waals surface area contributed by atoms with Gasteiger partial charge in [-0.2, -0.15) is 0 Å². The van der Waals surface area contributed by atoms with Crippen LogP contribution in [0, 0.1) is 0 Å². The number of benzene rings is 2. The van der Waals surface area contributed by atoms with Crippen molar-refractivity contribution < 1.29 is 4.79 Å². The van der Waals surface area contributed by atoms with E-state index >= 15 is 0 Å². The zero-order valence-corrected chi connectivity index (χ0v) is 15.6. The molecular formula is C22H20ClN3O. The summed E-state index contributed by atoms with van der Waals surface area (Å²) in [5, 5.41) is 3.98. The van der Waals surface area contributed by atoms with E-state index in [4.69, 9.17) is 11.6 Å². The zero-order chi connectivity index (χ0) is 18.6. The van der Waals surface area contributed by atoms with Gasteiger partial charge in [0.2, 0.25) is 0 Å². The monoisotopic (exact) mass is 377 g/mol. The van der Waals surface area contributed by atoms with Gasteiger partial charge in [0.25, 0.3) is 5.91 Å². The number of pyridine rings is 1. The predicted octanol–water partition coefficient (Wildman–Crippen LogP) is 4.55. The number of nitrogens with one attached hydrogen (secondary N) is 1. The second-order valence-corrected chi connectivity index (χ2v) is 7.09. The Bertz CT molecular complexity index is 956. The number of carbonyl (C=O) groups excluding carboxylic acids is 1. The number of hydrogen-bond acceptors (Lipinski definition) is 3. The van der Waals surface area contributed by atoms with Gasteiger partial charge in [0.15, 0.2) is 0 Å². The molecule has 0 radical (unpaired) electrons. The molecule has 1 N–H and O–H groups in total. The van der Waals surface area contributed by atoms with Gasteiger partial charge in [-0.1, -0.05) is 48.0 Å². The molecule has 4 nitrogen and oxygen atoms in total. The number of fused-ring (bicyclic) bond motifs is 1. The number of halogens is 1. The van der Waals surface area contributed by atoms with Gasteiger partial charge in [-0.05, 0) is 47.4 Å². The van der Waals surface area contributed by atoms with Crippen LogP contribution >= 0.6 is 11.6 Å². The number of rotatable bonds is 4. The van der Waals surface area contributed by atoms with Crippen LogP contribution in [-0.2, 0) is 19.5 Å². The Morgan fingerprint density at radius 2 is 1.85 bits per heavy atom. The lowest BCUT2D eigenvalue weighted by Gasteiger charge is -2.29. The first kappa shape index (κ1) is 17.6. The molecule has 1 aliphatic rings. The van der Waals surface area contributed by atoms with Crippen molar-refractivity contribution in [3.63, 3.8) is 0 Å². The topological polar surface area (TPSA) is 45.2 Å². The number of aromatic nitrogens is 1. The van der Waals surface area contributed by atoms with Crippen molar-refractivity contribution >= 4 is 23.3 Å². The van der Waals surface area contributed by atoms with Crippen molar-refractivity contribution in [1.29, 1.82) is 0 Å². The number of carbonyl (C=O) groups is 1. The number of nitrogens with zero attached hydrogens (tertiary/aromatic N) is 2. The highest BCUT2D eigenvalue weighted by Crippen LogP contribution is 2.21. The number of amides is 1. The summed E-state index contributed by atoms with van der Waals surface area (Å²) in [5.74, 6) is 0.731. The molecule has 0 atom stereocenters. The van der Waals surface area contributed by atoms with Gasteiger partial charge in [0, 0.05) is 36.4 Å². The van der Waals surface area contributed by atoms with Crippen LogP contribution in [0.5, 0.6) is 0 Å². The van der Waals surface area contributed by atoms with Gasteiger partial charge in [0.1, 0.15) is 5.82 Å². The molecule has 1 aliphatic heterocycles. The Kier molecular flexibility index (Phi) is 5.07. The highest BCUT2D eigenvalue weighted by molar-refractivity contribution is 6.30. The molecular weight excluding hydrogens is 358 g/mol. The summed E-state index contributed by atoms with van der Waals surface area (Å²) < 4.78 is 0. The zero-order valence-electron chi connectivity index (χ0n) is 14.9. The van der Waals surface area contributed by atoms with Crippen LogP contribution in [0.25, 0.3) is 0 Å². The van der Waals surface area contributed by atoms with Crippen LogP contribution in [0.15, 0.2) is 66.9 Å². The third-order valence-electron chi connectivity index (χ3n) is 4.81. The molecule has 2 heterocycles. The minimum absolute atomic E-state index is 0.0430. The van der Waals surface area contributed by atoms with Crippen LogP contribution in [0.2, 0.25) is 5.02 Å². The highest BCUT2D eigenvalue weighted by Gasteiger charge is 2.21. The number of anilines is 1. The van der Waals surface area contributed by atoms with Crippen molar-refractivity contribution in [2.24, 2.45) is 0 Å². The Labute approximate surface area is 163 Å². The molecule has 0 saturated carbocycles. The van der Waals surface area contributed by atoms with Crippen molar-refractivity contribution in [2.75, 3.05) is 11.9 Å². The van der Waals surface area contributed by atoms with Crippen LogP contribution in [0.3, 0.4) is 0 Å². The van der Waals surface area contributed by atoms with E-state index in [0.717, 1.165) is 18.5 Å². The van der Waals surface area contributed by atoms with Crippen molar-refractivity contribution in [3.8, 4) is 0 Å². The molecule has 5 heteroatoms. The fraction of sp³-hybridized carbons (Fsp3) is 0.182. The maximum absolute atomic E-state index is 12.9. The lowest BCUT2D eigenvalue weighted by Crippen LogP contribution is -2.35. The van der Waals surface area contributed by atoms with Crippen molar-refractivity contribution in [1.82, 2.24) is 9.88 Å². The molecule has 4 rings (SSSR count). The molecule has 1 amide bonds. The molecule has 1 aromatic heterocycles.